The zero-order valence-electron chi connectivity index (χ0n) is 10.2. The molecule has 0 aliphatic heterocycles. The molecule has 0 saturated heterocycles. The van der Waals surface area contributed by atoms with Crippen LogP contribution in [0.1, 0.15) is 11.4 Å². The number of thioether (sulfide) groups is 1. The number of hydrogen-bond donors (Lipinski definition) is 1. The predicted molar refractivity (Wildman–Crippen MR) is 73.3 cm³/mol. The van der Waals surface area contributed by atoms with E-state index in [0.29, 0.717) is 0 Å². The molecule has 4 heteroatoms. The van der Waals surface area contributed by atoms with Gasteiger partial charge in [0.15, 0.2) is 0 Å². The van der Waals surface area contributed by atoms with Crippen molar-refractivity contribution in [1.29, 1.82) is 0 Å². The van der Waals surface area contributed by atoms with E-state index in [-0.39, 0.29) is 0 Å². The minimum atomic E-state index is 0.861. The van der Waals surface area contributed by atoms with Crippen LogP contribution in [0.25, 0.3) is 0 Å². The molecule has 0 bridgehead atoms. The lowest BCUT2D eigenvalue weighted by molar-refractivity contribution is 0.738. The summed E-state index contributed by atoms with van der Waals surface area (Å²) in [5.41, 5.74) is 7.80. The molecule has 0 radical (unpaired) electrons. The third-order valence-electron chi connectivity index (χ3n) is 2.77. The van der Waals surface area contributed by atoms with E-state index in [9.17, 15) is 0 Å². The fraction of sp³-hybridized carbons (Fsp3) is 0.308. The summed E-state index contributed by atoms with van der Waals surface area (Å²) in [5, 5.41) is 0. The minimum absolute atomic E-state index is 0.861. The van der Waals surface area contributed by atoms with Gasteiger partial charge >= 0.3 is 0 Å². The van der Waals surface area contributed by atoms with Gasteiger partial charge in [0.1, 0.15) is 5.82 Å². The van der Waals surface area contributed by atoms with E-state index in [4.69, 9.17) is 5.73 Å². The molecule has 2 N–H and O–H groups in total. The van der Waals surface area contributed by atoms with Gasteiger partial charge in [-0.2, -0.15) is 0 Å². The van der Waals surface area contributed by atoms with Crippen LogP contribution in [0.2, 0.25) is 0 Å². The van der Waals surface area contributed by atoms with Gasteiger partial charge in [0, 0.05) is 35.3 Å². The normalized spacial score (nSPS) is 10.7. The van der Waals surface area contributed by atoms with Gasteiger partial charge < -0.3 is 10.3 Å². The van der Waals surface area contributed by atoms with Crippen molar-refractivity contribution in [2.45, 2.75) is 25.3 Å². The van der Waals surface area contributed by atoms with E-state index >= 15 is 0 Å². The second-order valence-corrected chi connectivity index (χ2v) is 5.20. The van der Waals surface area contributed by atoms with Gasteiger partial charge in [-0.3, -0.25) is 0 Å². The van der Waals surface area contributed by atoms with Crippen LogP contribution in [-0.4, -0.2) is 15.3 Å². The Morgan fingerprint density at radius 3 is 2.82 bits per heavy atom. The maximum atomic E-state index is 5.79. The summed E-state index contributed by atoms with van der Waals surface area (Å²) in [6, 6.07) is 6.19. The second kappa shape index (κ2) is 5.27. The molecule has 0 aliphatic carbocycles. The summed E-state index contributed by atoms with van der Waals surface area (Å²) in [5.74, 6) is 2.11. The maximum absolute atomic E-state index is 5.79. The van der Waals surface area contributed by atoms with Crippen molar-refractivity contribution in [1.82, 2.24) is 9.55 Å². The first-order valence-corrected chi connectivity index (χ1v) is 6.62. The van der Waals surface area contributed by atoms with Gasteiger partial charge in [-0.25, -0.2) is 4.98 Å². The van der Waals surface area contributed by atoms with Gasteiger partial charge in [0.25, 0.3) is 0 Å². The lowest BCUT2D eigenvalue weighted by atomic mass is 10.2. The summed E-state index contributed by atoms with van der Waals surface area (Å²) in [6.45, 7) is 5.05. The van der Waals surface area contributed by atoms with Crippen LogP contribution >= 0.6 is 11.8 Å². The van der Waals surface area contributed by atoms with Crippen LogP contribution in [-0.2, 0) is 6.54 Å². The van der Waals surface area contributed by atoms with Crippen LogP contribution in [0.5, 0.6) is 0 Å². The first kappa shape index (κ1) is 12.0. The Kier molecular flexibility index (Phi) is 3.74. The highest BCUT2D eigenvalue weighted by molar-refractivity contribution is 7.99. The van der Waals surface area contributed by atoms with Crippen molar-refractivity contribution in [3.8, 4) is 0 Å². The van der Waals surface area contributed by atoms with Crippen molar-refractivity contribution < 1.29 is 0 Å². The van der Waals surface area contributed by atoms with Crippen molar-refractivity contribution in [2.24, 2.45) is 0 Å². The van der Waals surface area contributed by atoms with Crippen LogP contribution in [0.4, 0.5) is 5.69 Å². The molecule has 1 heterocycles. The van der Waals surface area contributed by atoms with Crippen molar-refractivity contribution in [3.05, 3.63) is 42.0 Å². The monoisotopic (exact) mass is 247 g/mol. The number of aryl methyl sites for hydroxylation is 3. The number of hydrogen-bond acceptors (Lipinski definition) is 3. The first-order valence-electron chi connectivity index (χ1n) is 5.63. The van der Waals surface area contributed by atoms with E-state index in [1.165, 1.54) is 4.90 Å². The van der Waals surface area contributed by atoms with Gasteiger partial charge in [-0.1, -0.05) is 0 Å². The Morgan fingerprint density at radius 2 is 2.18 bits per heavy atom. The van der Waals surface area contributed by atoms with Crippen LogP contribution < -0.4 is 5.73 Å². The molecule has 3 nitrogen and oxygen atoms in total. The van der Waals surface area contributed by atoms with Crippen LogP contribution in [0.15, 0.2) is 35.5 Å². The molecule has 1 aromatic heterocycles. The van der Waals surface area contributed by atoms with Gasteiger partial charge in [0.2, 0.25) is 0 Å². The fourth-order valence-electron chi connectivity index (χ4n) is 1.64. The lowest BCUT2D eigenvalue weighted by Crippen LogP contribution is -2.01. The van der Waals surface area contributed by atoms with E-state index in [1.807, 2.05) is 44.1 Å². The molecule has 1 aromatic carbocycles. The number of rotatable bonds is 4. The van der Waals surface area contributed by atoms with E-state index in [0.717, 1.165) is 29.4 Å². The second-order valence-electron chi connectivity index (χ2n) is 4.03. The molecule has 90 valence electrons. The minimum Gasteiger partial charge on any atom is -0.399 e. The highest BCUT2D eigenvalue weighted by Gasteiger charge is 1.99. The average molecular weight is 247 g/mol. The molecule has 0 atom stereocenters. The van der Waals surface area contributed by atoms with Crippen molar-refractivity contribution in [2.75, 3.05) is 11.5 Å². The highest BCUT2D eigenvalue weighted by Crippen LogP contribution is 2.22. The Morgan fingerprint density at radius 1 is 1.35 bits per heavy atom. The maximum Gasteiger partial charge on any atom is 0.105 e. The number of nitrogen functional groups attached to an aromatic ring is 1. The summed E-state index contributed by atoms with van der Waals surface area (Å²) >= 11 is 1.85. The van der Waals surface area contributed by atoms with E-state index in [1.54, 1.807) is 0 Å². The molecular formula is C13H17N3S. The van der Waals surface area contributed by atoms with Crippen LogP contribution in [0.3, 0.4) is 0 Å². The molecular weight excluding hydrogens is 230 g/mol. The average Bonchev–Trinajstić information content (AvgIpc) is 2.70. The molecule has 0 unspecified atom stereocenters. The van der Waals surface area contributed by atoms with E-state index in [2.05, 4.69) is 21.7 Å². The molecule has 0 amide bonds. The zero-order chi connectivity index (χ0) is 12.3. The standard InChI is InChI=1S/C13H17N3S/c1-10-9-12(3-4-13(10)14)17-8-7-16-6-5-15-11(16)2/h3-6,9H,7-8,14H2,1-2H3. The van der Waals surface area contributed by atoms with Crippen molar-refractivity contribution in [3.63, 3.8) is 0 Å². The summed E-state index contributed by atoms with van der Waals surface area (Å²) in [7, 11) is 0. The Labute approximate surface area is 106 Å². The topological polar surface area (TPSA) is 43.8 Å². The lowest BCUT2D eigenvalue weighted by Gasteiger charge is -2.06. The third-order valence-corrected chi connectivity index (χ3v) is 3.74. The van der Waals surface area contributed by atoms with Crippen molar-refractivity contribution >= 4 is 17.4 Å². The molecule has 2 rings (SSSR count). The van der Waals surface area contributed by atoms with Gasteiger partial charge in [-0.15, -0.1) is 11.8 Å². The van der Waals surface area contributed by atoms with Gasteiger partial charge in [-0.05, 0) is 37.6 Å². The number of anilines is 1. The molecule has 17 heavy (non-hydrogen) atoms. The summed E-state index contributed by atoms with van der Waals surface area (Å²) < 4.78 is 2.16. The first-order chi connectivity index (χ1) is 8.16. The highest BCUT2D eigenvalue weighted by atomic mass is 32.2. The number of nitrogens with zero attached hydrogens (tertiary/aromatic N) is 2. The number of nitrogens with two attached hydrogens (primary N) is 1. The van der Waals surface area contributed by atoms with Gasteiger partial charge in [0.05, 0.1) is 0 Å². The Balaban J connectivity index is 1.90. The smallest absolute Gasteiger partial charge is 0.105 e. The summed E-state index contributed by atoms with van der Waals surface area (Å²) in [4.78, 5) is 5.48. The van der Waals surface area contributed by atoms with E-state index < -0.39 is 0 Å². The molecule has 0 fully saturated rings. The number of benzene rings is 1. The Hall–Kier alpha value is -1.42. The molecule has 2 aromatic rings. The molecule has 0 spiro atoms. The number of imidazole rings is 1. The fourth-order valence-corrected chi connectivity index (χ4v) is 2.59. The molecule has 0 aliphatic rings. The number of aromatic nitrogens is 2. The third kappa shape index (κ3) is 3.03. The molecule has 0 saturated carbocycles. The SMILES string of the molecule is Cc1cc(SCCn2ccnc2C)ccc1N. The summed E-state index contributed by atoms with van der Waals surface area (Å²) in [6.07, 6.45) is 3.86. The predicted octanol–water partition coefficient (Wildman–Crippen LogP) is 2.87. The quantitative estimate of drug-likeness (QED) is 0.667. The largest absolute Gasteiger partial charge is 0.399 e. The Bertz CT molecular complexity index is 505. The zero-order valence-corrected chi connectivity index (χ0v) is 11.0. The van der Waals surface area contributed by atoms with Crippen LogP contribution in [0, 0.1) is 13.8 Å².